The first kappa shape index (κ1) is 66.7. The number of fused-ring (bicyclic) bond motifs is 22. The van der Waals surface area contributed by atoms with Crippen molar-refractivity contribution in [3.63, 3.8) is 0 Å². The maximum Gasteiger partial charge on any atom is 0.167 e. The van der Waals surface area contributed by atoms with Crippen LogP contribution in [0.25, 0.3) is 254 Å². The zero-order valence-electron chi connectivity index (χ0n) is 63.5. The number of furan rings is 2. The van der Waals surface area contributed by atoms with E-state index in [9.17, 15) is 0 Å². The zero-order chi connectivity index (χ0) is 77.5. The highest BCUT2D eigenvalue weighted by Gasteiger charge is 2.25. The highest BCUT2D eigenvalue weighted by molar-refractivity contribution is 6.35. The first-order valence-electron chi connectivity index (χ1n) is 39.9. The molecule has 8 nitrogen and oxygen atoms in total. The molecule has 0 radical (unpaired) electrons. The number of rotatable bonds is 11. The summed E-state index contributed by atoms with van der Waals surface area (Å²) in [5.41, 5.74) is 18.5. The van der Waals surface area contributed by atoms with E-state index >= 15 is 0 Å². The van der Waals surface area contributed by atoms with Crippen molar-refractivity contribution in [2.45, 2.75) is 0 Å². The average molecular weight is 1500 g/mol. The Kier molecular flexibility index (Phi) is 15.2. The second-order valence-corrected chi connectivity index (χ2v) is 30.6. The standard InChI is InChI=1S/C110H64N6O2/c1-2-24-68(25-3-1)105-111-106(69-56-52-66(53-57-69)70-26-20-29-73(58-70)94-64-96-82-37-7-5-33-78(82)80-35-9-13-43-88(80)102(96)90-45-15-11-39-84(90)94)114-110(113-105)98-62-76(61-97-86-41-17-19-49-100(86)118-104(97)98)72-28-22-31-75(60-72)108-112-107(115-109(116-108)92-47-23-46-91-85-40-16-18-48-99(85)117-103(91)92)74-30-21-27-71(59-74)65-50-54-67(55-51-65)93-63-95-81-36-6-4-32-77(81)79-34-8-12-42-87(79)101(95)89-44-14-10-38-83(89)93/h1-64H. The molecule has 0 aliphatic rings. The molecule has 4 heterocycles. The molecule has 0 saturated heterocycles. The van der Waals surface area contributed by atoms with Crippen LogP contribution in [0.1, 0.15) is 0 Å². The van der Waals surface area contributed by atoms with E-state index in [-0.39, 0.29) is 0 Å². The van der Waals surface area contributed by atoms with Crippen molar-refractivity contribution in [3.05, 3.63) is 388 Å². The van der Waals surface area contributed by atoms with E-state index in [1.54, 1.807) is 0 Å². The third-order valence-electron chi connectivity index (χ3n) is 23.9. The smallest absolute Gasteiger partial charge is 0.167 e. The molecule has 8 heteroatoms. The van der Waals surface area contributed by atoms with Gasteiger partial charge in [-0.3, -0.25) is 0 Å². The number of hydrogen-bond acceptors (Lipinski definition) is 8. The Labute approximate surface area is 676 Å². The maximum absolute atomic E-state index is 6.93. The second-order valence-electron chi connectivity index (χ2n) is 30.6. The van der Waals surface area contributed by atoms with Gasteiger partial charge in [-0.1, -0.05) is 328 Å². The summed E-state index contributed by atoms with van der Waals surface area (Å²) in [5.74, 6) is 3.04. The molecule has 0 saturated carbocycles. The van der Waals surface area contributed by atoms with Gasteiger partial charge in [0.05, 0.1) is 11.1 Å². The predicted molar refractivity (Wildman–Crippen MR) is 488 cm³/mol. The molecule has 0 N–H and O–H groups in total. The molecule has 20 aromatic carbocycles. The van der Waals surface area contributed by atoms with Gasteiger partial charge in [0.15, 0.2) is 34.9 Å². The third kappa shape index (κ3) is 10.9. The van der Waals surface area contributed by atoms with Gasteiger partial charge in [-0.2, -0.15) is 0 Å². The topological polar surface area (TPSA) is 104 Å². The van der Waals surface area contributed by atoms with Gasteiger partial charge in [0.1, 0.15) is 22.3 Å². The van der Waals surface area contributed by atoms with E-state index in [4.69, 9.17) is 38.7 Å². The first-order valence-corrected chi connectivity index (χ1v) is 39.9. The molecule has 118 heavy (non-hydrogen) atoms. The van der Waals surface area contributed by atoms with Gasteiger partial charge in [-0.05, 0) is 202 Å². The SMILES string of the molecule is c1ccc(-c2nc(-c3ccc(-c4cccc(-c5cc6c7ccccc7c7ccccc7c6c6ccccc56)c4)cc3)nc(-c3cc(-c4cccc(-c5nc(-c6cccc(-c7ccc(-c8cc9c%10ccccc%10c%10ccccc%10c9c9ccccc89)cc7)c6)nc(-c6cccc7c6oc6ccccc67)n5)c4)cc4c3oc3ccccc34)n2)cc1. The van der Waals surface area contributed by atoms with E-state index in [1.807, 2.05) is 66.7 Å². The minimum Gasteiger partial charge on any atom is -0.455 e. The molecule has 0 unspecified atom stereocenters. The summed E-state index contributed by atoms with van der Waals surface area (Å²) in [6, 6.07) is 138. The molecule has 24 aromatic rings. The largest absolute Gasteiger partial charge is 0.455 e. The van der Waals surface area contributed by atoms with Crippen LogP contribution in [0.4, 0.5) is 0 Å². The van der Waals surface area contributed by atoms with Crippen molar-refractivity contribution >= 4 is 130 Å². The molecule has 0 fully saturated rings. The van der Waals surface area contributed by atoms with Gasteiger partial charge in [-0.25, -0.2) is 29.9 Å². The number of benzene rings is 20. The van der Waals surface area contributed by atoms with Crippen LogP contribution >= 0.6 is 0 Å². The fourth-order valence-corrected chi connectivity index (χ4v) is 18.4. The van der Waals surface area contributed by atoms with E-state index in [0.29, 0.717) is 51.7 Å². The highest BCUT2D eigenvalue weighted by atomic mass is 16.3. The fourth-order valence-electron chi connectivity index (χ4n) is 18.4. The lowest BCUT2D eigenvalue weighted by atomic mass is 9.87. The first-order chi connectivity index (χ1) is 58.5. The van der Waals surface area contributed by atoms with Crippen molar-refractivity contribution in [1.29, 1.82) is 0 Å². The molecular weight excluding hydrogens is 1440 g/mol. The molecule has 0 amide bonds. The van der Waals surface area contributed by atoms with Crippen LogP contribution in [0.15, 0.2) is 397 Å². The number of hydrogen-bond donors (Lipinski definition) is 0. The normalized spacial score (nSPS) is 11.9. The van der Waals surface area contributed by atoms with Crippen molar-refractivity contribution < 1.29 is 8.83 Å². The van der Waals surface area contributed by atoms with Crippen molar-refractivity contribution in [2.75, 3.05) is 0 Å². The summed E-state index contributed by atoms with van der Waals surface area (Å²) in [6.07, 6.45) is 0. The quantitative estimate of drug-likeness (QED) is 0.118. The molecule has 4 aromatic heterocycles. The summed E-state index contributed by atoms with van der Waals surface area (Å²) in [7, 11) is 0. The van der Waals surface area contributed by atoms with Gasteiger partial charge >= 0.3 is 0 Å². The molecule has 0 spiro atoms. The van der Waals surface area contributed by atoms with Crippen LogP contribution in [0.3, 0.4) is 0 Å². The third-order valence-corrected chi connectivity index (χ3v) is 23.9. The number of aromatic nitrogens is 6. The van der Waals surface area contributed by atoms with Gasteiger partial charge < -0.3 is 8.83 Å². The Morgan fingerprint density at radius 3 is 0.949 bits per heavy atom. The number of nitrogens with zero attached hydrogens (tertiary/aromatic N) is 6. The molecule has 546 valence electrons. The van der Waals surface area contributed by atoms with Gasteiger partial charge in [0, 0.05) is 43.8 Å². The minimum absolute atomic E-state index is 0.470. The van der Waals surface area contributed by atoms with Crippen LogP contribution < -0.4 is 0 Å². The Morgan fingerprint density at radius 2 is 0.441 bits per heavy atom. The van der Waals surface area contributed by atoms with Crippen LogP contribution in [0.5, 0.6) is 0 Å². The summed E-state index contributed by atoms with van der Waals surface area (Å²) in [5, 5.41) is 23.9. The van der Waals surface area contributed by atoms with Crippen molar-refractivity contribution in [1.82, 2.24) is 29.9 Å². The zero-order valence-corrected chi connectivity index (χ0v) is 63.5. The summed E-state index contributed by atoms with van der Waals surface area (Å²) in [6.45, 7) is 0. The monoisotopic (exact) mass is 1500 g/mol. The van der Waals surface area contributed by atoms with E-state index in [2.05, 4.69) is 322 Å². The lowest BCUT2D eigenvalue weighted by molar-refractivity contribution is 0.669. The molecule has 24 rings (SSSR count). The van der Waals surface area contributed by atoms with E-state index < -0.39 is 0 Å². The van der Waals surface area contributed by atoms with E-state index in [1.165, 1.54) is 97.3 Å². The van der Waals surface area contributed by atoms with Crippen LogP contribution in [-0.4, -0.2) is 29.9 Å². The molecular formula is C110H64N6O2. The van der Waals surface area contributed by atoms with Gasteiger partial charge in [0.25, 0.3) is 0 Å². The molecule has 0 bridgehead atoms. The second kappa shape index (κ2) is 26.9. The Balaban J connectivity index is 0.608. The Hall–Kier alpha value is -15.9. The van der Waals surface area contributed by atoms with Crippen LogP contribution in [0, 0.1) is 0 Å². The van der Waals surface area contributed by atoms with Gasteiger partial charge in [0.2, 0.25) is 0 Å². The van der Waals surface area contributed by atoms with Crippen LogP contribution in [0.2, 0.25) is 0 Å². The summed E-state index contributed by atoms with van der Waals surface area (Å²) in [4.78, 5) is 32.3. The highest BCUT2D eigenvalue weighted by Crippen LogP contribution is 2.48. The van der Waals surface area contributed by atoms with Gasteiger partial charge in [-0.15, -0.1) is 0 Å². The Bertz CT molecular complexity index is 8310. The predicted octanol–water partition coefficient (Wildman–Crippen LogP) is 29.4. The minimum atomic E-state index is 0.470. The fraction of sp³-hybridized carbons (Fsp3) is 0. The maximum atomic E-state index is 6.93. The average Bonchev–Trinajstić information content (AvgIpc) is 0.968. The lowest BCUT2D eigenvalue weighted by Crippen LogP contribution is -2.01. The number of para-hydroxylation sites is 3. The Morgan fingerprint density at radius 1 is 0.136 bits per heavy atom. The molecule has 0 atom stereocenters. The summed E-state index contributed by atoms with van der Waals surface area (Å²) < 4.78 is 13.7. The van der Waals surface area contributed by atoms with E-state index in [0.717, 1.165) is 105 Å². The summed E-state index contributed by atoms with van der Waals surface area (Å²) >= 11 is 0. The lowest BCUT2D eigenvalue weighted by Gasteiger charge is -2.16. The molecule has 0 aliphatic heterocycles. The molecule has 0 aliphatic carbocycles. The van der Waals surface area contributed by atoms with Crippen molar-refractivity contribution in [3.8, 4) is 124 Å². The van der Waals surface area contributed by atoms with Crippen LogP contribution in [-0.2, 0) is 0 Å². The van der Waals surface area contributed by atoms with Crippen molar-refractivity contribution in [2.24, 2.45) is 0 Å².